The van der Waals surface area contributed by atoms with Crippen LogP contribution in [0.5, 0.6) is 0 Å². The van der Waals surface area contributed by atoms with Gasteiger partial charge in [0, 0.05) is 19.3 Å². The van der Waals surface area contributed by atoms with Crippen molar-refractivity contribution in [3.8, 4) is 0 Å². The number of carbonyl (C=O) groups excluding carboxylic acids is 1. The van der Waals surface area contributed by atoms with Crippen LogP contribution >= 0.6 is 0 Å². The Bertz CT molecular complexity index is 618. The molecule has 0 bridgehead atoms. The molecule has 1 aliphatic heterocycles. The summed E-state index contributed by atoms with van der Waals surface area (Å²) in [5, 5.41) is 8.99. The van der Waals surface area contributed by atoms with Gasteiger partial charge in [0.1, 0.15) is 11.5 Å². The van der Waals surface area contributed by atoms with E-state index in [9.17, 15) is 4.79 Å². The molecule has 0 radical (unpaired) electrons. The van der Waals surface area contributed by atoms with Crippen molar-refractivity contribution < 1.29 is 19.4 Å². The van der Waals surface area contributed by atoms with Crippen LogP contribution in [0.2, 0.25) is 0 Å². The summed E-state index contributed by atoms with van der Waals surface area (Å²) in [5.41, 5.74) is 0.933. The van der Waals surface area contributed by atoms with E-state index in [-0.39, 0.29) is 30.3 Å². The number of methoxy groups -OCH3 is 1. The van der Waals surface area contributed by atoms with E-state index in [2.05, 4.69) is 9.97 Å². The predicted molar refractivity (Wildman–Crippen MR) is 91.4 cm³/mol. The molecule has 1 aromatic heterocycles. The minimum atomic E-state index is -0.300. The minimum absolute atomic E-state index is 0.0126. The number of aliphatic hydroxyl groups is 1. The third kappa shape index (κ3) is 3.54. The number of aliphatic hydroxyl groups excluding tert-OH is 1. The van der Waals surface area contributed by atoms with Gasteiger partial charge in [-0.25, -0.2) is 9.97 Å². The molecule has 2 heterocycles. The van der Waals surface area contributed by atoms with Crippen molar-refractivity contribution in [1.29, 1.82) is 0 Å². The summed E-state index contributed by atoms with van der Waals surface area (Å²) >= 11 is 0. The number of likely N-dealkylation sites (tertiary alicyclic amines) is 1. The zero-order chi connectivity index (χ0) is 18.0. The van der Waals surface area contributed by atoms with Gasteiger partial charge in [0.15, 0.2) is 0 Å². The molecule has 1 saturated carbocycles. The molecule has 3 atom stereocenters. The molecular weight excluding hydrogens is 322 g/mol. The number of nitrogens with zero attached hydrogens (tertiary/aromatic N) is 3. The van der Waals surface area contributed by atoms with Crippen molar-refractivity contribution in [3.05, 3.63) is 23.3 Å². The molecule has 1 amide bonds. The Balaban J connectivity index is 1.82. The number of ether oxygens (including phenoxy) is 2. The molecular formula is C18H27N3O4. The zero-order valence-corrected chi connectivity index (χ0v) is 15.2. The molecule has 2 fully saturated rings. The summed E-state index contributed by atoms with van der Waals surface area (Å²) in [6, 6.07) is 1.71. The van der Waals surface area contributed by atoms with Gasteiger partial charge in [-0.05, 0) is 45.6 Å². The average molecular weight is 349 g/mol. The Morgan fingerprint density at radius 3 is 2.88 bits per heavy atom. The normalized spacial score (nSPS) is 28.9. The Hall–Kier alpha value is -1.57. The van der Waals surface area contributed by atoms with E-state index in [1.54, 1.807) is 20.1 Å². The predicted octanol–water partition coefficient (Wildman–Crippen LogP) is 1.25. The number of fused-ring (bicyclic) bond motifs is 1. The molecule has 0 spiro atoms. The lowest BCUT2D eigenvalue weighted by atomic mass is 9.79. The van der Waals surface area contributed by atoms with Crippen LogP contribution in [-0.2, 0) is 9.47 Å². The Labute approximate surface area is 148 Å². The number of rotatable bonds is 5. The van der Waals surface area contributed by atoms with Crippen LogP contribution in [-0.4, -0.2) is 70.5 Å². The summed E-state index contributed by atoms with van der Waals surface area (Å²) in [4.78, 5) is 23.5. The second kappa shape index (κ2) is 7.35. The van der Waals surface area contributed by atoms with Crippen LogP contribution < -0.4 is 0 Å². The van der Waals surface area contributed by atoms with E-state index < -0.39 is 0 Å². The summed E-state index contributed by atoms with van der Waals surface area (Å²) < 4.78 is 11.6. The van der Waals surface area contributed by atoms with Gasteiger partial charge < -0.3 is 19.5 Å². The zero-order valence-electron chi connectivity index (χ0n) is 15.2. The third-order valence-corrected chi connectivity index (χ3v) is 5.43. The van der Waals surface area contributed by atoms with Gasteiger partial charge in [-0.15, -0.1) is 0 Å². The molecule has 7 nitrogen and oxygen atoms in total. The molecule has 3 rings (SSSR count). The van der Waals surface area contributed by atoms with E-state index in [4.69, 9.17) is 14.6 Å². The highest BCUT2D eigenvalue weighted by Crippen LogP contribution is 2.43. The number of hydrogen-bond acceptors (Lipinski definition) is 6. The monoisotopic (exact) mass is 349 g/mol. The highest BCUT2D eigenvalue weighted by atomic mass is 16.5. The van der Waals surface area contributed by atoms with Gasteiger partial charge in [-0.3, -0.25) is 4.79 Å². The van der Waals surface area contributed by atoms with Gasteiger partial charge in [-0.2, -0.15) is 0 Å². The molecule has 0 unspecified atom stereocenters. The van der Waals surface area contributed by atoms with Crippen molar-refractivity contribution in [3.63, 3.8) is 0 Å². The van der Waals surface area contributed by atoms with Gasteiger partial charge >= 0.3 is 0 Å². The van der Waals surface area contributed by atoms with Gasteiger partial charge in [0.25, 0.3) is 5.91 Å². The largest absolute Gasteiger partial charge is 0.394 e. The lowest BCUT2D eigenvalue weighted by Gasteiger charge is -2.43. The number of carbonyl (C=O) groups is 1. The smallest absolute Gasteiger partial charge is 0.272 e. The molecule has 1 aliphatic carbocycles. The summed E-state index contributed by atoms with van der Waals surface area (Å²) in [7, 11) is 1.73. The van der Waals surface area contributed by atoms with Gasteiger partial charge in [0.05, 0.1) is 31.0 Å². The maximum atomic E-state index is 13.1. The van der Waals surface area contributed by atoms with Crippen molar-refractivity contribution >= 4 is 5.91 Å². The lowest BCUT2D eigenvalue weighted by Crippen LogP contribution is -2.53. The van der Waals surface area contributed by atoms with Crippen molar-refractivity contribution in [1.82, 2.24) is 14.9 Å². The van der Waals surface area contributed by atoms with Crippen LogP contribution in [0.15, 0.2) is 6.07 Å². The molecule has 138 valence electrons. The Morgan fingerprint density at radius 1 is 1.40 bits per heavy atom. The SMILES string of the molecule is CO[C@@]12CC[C@H](OCCO)C[C@@H]1N(C(=O)c1cc(C)nc(C)n1)CC2. The number of hydrogen-bond donors (Lipinski definition) is 1. The van der Waals surface area contributed by atoms with Crippen molar-refractivity contribution in [2.24, 2.45) is 0 Å². The second-order valence-electron chi connectivity index (χ2n) is 6.97. The fourth-order valence-electron chi connectivity index (χ4n) is 4.25. The number of aromatic nitrogens is 2. The maximum absolute atomic E-state index is 13.1. The average Bonchev–Trinajstić information content (AvgIpc) is 2.97. The highest BCUT2D eigenvalue weighted by Gasteiger charge is 2.53. The van der Waals surface area contributed by atoms with Crippen LogP contribution in [0.1, 0.15) is 47.7 Å². The summed E-state index contributed by atoms with van der Waals surface area (Å²) in [5.74, 6) is 0.536. The standard InChI is InChI=1S/C18H27N3O4/c1-12-10-15(20-13(2)19-12)17(23)21-7-6-18(24-3)5-4-14(11-16(18)21)25-9-8-22/h10,14,16,22H,4-9,11H2,1-3H3/t14-,16-,18+/m0/s1. The van der Waals surface area contributed by atoms with Crippen LogP contribution in [0, 0.1) is 13.8 Å². The van der Waals surface area contributed by atoms with E-state index >= 15 is 0 Å². The highest BCUT2D eigenvalue weighted by molar-refractivity contribution is 5.93. The lowest BCUT2D eigenvalue weighted by molar-refractivity contribution is -0.0992. The third-order valence-electron chi connectivity index (χ3n) is 5.43. The van der Waals surface area contributed by atoms with Crippen molar-refractivity contribution in [2.75, 3.05) is 26.9 Å². The molecule has 1 N–H and O–H groups in total. The van der Waals surface area contributed by atoms with Crippen LogP contribution in [0.4, 0.5) is 0 Å². The maximum Gasteiger partial charge on any atom is 0.272 e. The first-order valence-corrected chi connectivity index (χ1v) is 8.90. The summed E-state index contributed by atoms with van der Waals surface area (Å²) in [6.07, 6.45) is 3.34. The number of amides is 1. The first-order valence-electron chi connectivity index (χ1n) is 8.90. The van der Waals surface area contributed by atoms with Gasteiger partial charge in [-0.1, -0.05) is 0 Å². The van der Waals surface area contributed by atoms with Crippen LogP contribution in [0.25, 0.3) is 0 Å². The molecule has 0 aromatic carbocycles. The fraction of sp³-hybridized carbons (Fsp3) is 0.722. The first kappa shape index (κ1) is 18.2. The quantitative estimate of drug-likeness (QED) is 0.861. The van der Waals surface area contributed by atoms with E-state index in [0.717, 1.165) is 31.4 Å². The van der Waals surface area contributed by atoms with Gasteiger partial charge in [0.2, 0.25) is 0 Å². The molecule has 2 aliphatic rings. The topological polar surface area (TPSA) is 84.8 Å². The Morgan fingerprint density at radius 2 is 2.20 bits per heavy atom. The fourth-order valence-corrected chi connectivity index (χ4v) is 4.25. The Kier molecular flexibility index (Phi) is 5.36. The van der Waals surface area contributed by atoms with E-state index in [1.165, 1.54) is 0 Å². The van der Waals surface area contributed by atoms with Crippen molar-refractivity contribution in [2.45, 2.75) is 57.3 Å². The first-order chi connectivity index (χ1) is 12.0. The van der Waals surface area contributed by atoms with E-state index in [0.29, 0.717) is 24.7 Å². The second-order valence-corrected chi connectivity index (χ2v) is 6.97. The summed E-state index contributed by atoms with van der Waals surface area (Å²) in [6.45, 7) is 4.67. The van der Waals surface area contributed by atoms with E-state index in [1.807, 2.05) is 11.8 Å². The molecule has 1 saturated heterocycles. The number of aryl methyl sites for hydroxylation is 2. The molecule has 25 heavy (non-hydrogen) atoms. The molecule has 1 aromatic rings. The minimum Gasteiger partial charge on any atom is -0.394 e. The van der Waals surface area contributed by atoms with Crippen LogP contribution in [0.3, 0.4) is 0 Å². The molecule has 7 heteroatoms.